The quantitative estimate of drug-likeness (QED) is 0.611. The fraction of sp³-hybridized carbons (Fsp3) is 0.182. The number of anilines is 1. The molecule has 1 aromatic carbocycles. The van der Waals surface area contributed by atoms with Crippen molar-refractivity contribution in [1.29, 1.82) is 0 Å². The van der Waals surface area contributed by atoms with E-state index in [9.17, 15) is 4.79 Å². The Morgan fingerprint density at radius 1 is 1.67 bits per heavy atom. The molecule has 0 spiro atoms. The molecule has 0 bridgehead atoms. The Balaban J connectivity index is 2.87. The highest BCUT2D eigenvalue weighted by Gasteiger charge is 2.10. The second kappa shape index (κ2) is 4.84. The van der Waals surface area contributed by atoms with E-state index in [2.05, 4.69) is 11.9 Å². The van der Waals surface area contributed by atoms with Gasteiger partial charge >= 0.3 is 0 Å². The Kier molecular flexibility index (Phi) is 3.74. The summed E-state index contributed by atoms with van der Waals surface area (Å²) in [6.07, 6.45) is 1.64. The summed E-state index contributed by atoms with van der Waals surface area (Å²) in [6, 6.07) is 4.69. The first-order valence-electron chi connectivity index (χ1n) is 4.53. The number of nitrogens with one attached hydrogen (secondary N) is 1. The normalized spacial score (nSPS) is 11.9. The largest absolute Gasteiger partial charge is 0.398 e. The molecule has 0 heterocycles. The Bertz CT molecular complexity index is 390. The number of benzene rings is 1. The number of nitrogen functional groups attached to an aromatic ring is 1. The molecule has 0 aliphatic heterocycles. The summed E-state index contributed by atoms with van der Waals surface area (Å²) in [5.41, 5.74) is 6.46. The highest BCUT2D eigenvalue weighted by Crippen LogP contribution is 2.17. The molecule has 0 aliphatic carbocycles. The van der Waals surface area contributed by atoms with Crippen LogP contribution >= 0.6 is 11.6 Å². The van der Waals surface area contributed by atoms with Crippen LogP contribution in [0.15, 0.2) is 30.9 Å². The number of halogens is 1. The number of hydrogen-bond acceptors (Lipinski definition) is 2. The topological polar surface area (TPSA) is 55.1 Å². The average molecular weight is 225 g/mol. The van der Waals surface area contributed by atoms with Gasteiger partial charge in [0.1, 0.15) is 0 Å². The van der Waals surface area contributed by atoms with Crippen molar-refractivity contribution >= 4 is 23.2 Å². The molecule has 80 valence electrons. The third-order valence-electron chi connectivity index (χ3n) is 1.97. The van der Waals surface area contributed by atoms with E-state index in [1.54, 1.807) is 24.3 Å². The fourth-order valence-corrected chi connectivity index (χ4v) is 1.26. The lowest BCUT2D eigenvalue weighted by molar-refractivity contribution is 0.0948. The minimum Gasteiger partial charge on any atom is -0.398 e. The van der Waals surface area contributed by atoms with E-state index >= 15 is 0 Å². The molecule has 3 N–H and O–H groups in total. The molecule has 0 aliphatic rings. The molecule has 1 unspecified atom stereocenters. The Hall–Kier alpha value is -1.48. The van der Waals surface area contributed by atoms with E-state index in [0.29, 0.717) is 16.3 Å². The molecule has 1 atom stereocenters. The second-order valence-electron chi connectivity index (χ2n) is 3.23. The van der Waals surface area contributed by atoms with E-state index in [0.717, 1.165) is 0 Å². The zero-order valence-electron chi connectivity index (χ0n) is 8.46. The highest BCUT2D eigenvalue weighted by atomic mass is 35.5. The van der Waals surface area contributed by atoms with Crippen molar-refractivity contribution in [2.45, 2.75) is 13.0 Å². The van der Waals surface area contributed by atoms with Gasteiger partial charge in [-0.1, -0.05) is 17.7 Å². The predicted octanol–water partition coefficient (Wildman–Crippen LogP) is 2.23. The van der Waals surface area contributed by atoms with Crippen LogP contribution in [0.1, 0.15) is 17.3 Å². The number of hydrogen-bond donors (Lipinski definition) is 2. The van der Waals surface area contributed by atoms with Gasteiger partial charge in [0.15, 0.2) is 0 Å². The van der Waals surface area contributed by atoms with Gasteiger partial charge in [0.05, 0.1) is 5.56 Å². The van der Waals surface area contributed by atoms with E-state index in [1.807, 2.05) is 6.92 Å². The van der Waals surface area contributed by atoms with E-state index in [-0.39, 0.29) is 11.9 Å². The third-order valence-corrected chi connectivity index (χ3v) is 2.21. The first-order valence-corrected chi connectivity index (χ1v) is 4.91. The summed E-state index contributed by atoms with van der Waals surface area (Å²) < 4.78 is 0. The van der Waals surface area contributed by atoms with Crippen molar-refractivity contribution in [2.75, 3.05) is 5.73 Å². The SMILES string of the molecule is C=CC(C)NC(=O)c1ccc(Cl)cc1N. The minimum absolute atomic E-state index is 0.0902. The van der Waals surface area contributed by atoms with Crippen LogP contribution in [0.25, 0.3) is 0 Å². The van der Waals surface area contributed by atoms with E-state index in [1.165, 1.54) is 0 Å². The summed E-state index contributed by atoms with van der Waals surface area (Å²) in [5, 5.41) is 3.24. The molecule has 1 aromatic rings. The maximum Gasteiger partial charge on any atom is 0.253 e. The molecule has 0 fully saturated rings. The number of amides is 1. The minimum atomic E-state index is -0.225. The van der Waals surface area contributed by atoms with Crippen LogP contribution in [0.5, 0.6) is 0 Å². The highest BCUT2D eigenvalue weighted by molar-refractivity contribution is 6.31. The number of nitrogens with two attached hydrogens (primary N) is 1. The van der Waals surface area contributed by atoms with Gasteiger partial charge < -0.3 is 11.1 Å². The zero-order valence-corrected chi connectivity index (χ0v) is 9.21. The number of rotatable bonds is 3. The van der Waals surface area contributed by atoms with Crippen molar-refractivity contribution in [3.8, 4) is 0 Å². The summed E-state index contributed by atoms with van der Waals surface area (Å²) in [5.74, 6) is -0.225. The van der Waals surface area contributed by atoms with Gasteiger partial charge in [0.2, 0.25) is 0 Å². The van der Waals surface area contributed by atoms with Gasteiger partial charge in [-0.3, -0.25) is 4.79 Å². The van der Waals surface area contributed by atoms with Crippen LogP contribution in [-0.4, -0.2) is 11.9 Å². The predicted molar refractivity (Wildman–Crippen MR) is 63.0 cm³/mol. The van der Waals surface area contributed by atoms with Gasteiger partial charge in [-0.25, -0.2) is 0 Å². The second-order valence-corrected chi connectivity index (χ2v) is 3.67. The maximum atomic E-state index is 11.7. The standard InChI is InChI=1S/C11H13ClN2O/c1-3-7(2)14-11(15)9-5-4-8(12)6-10(9)13/h3-7H,1,13H2,2H3,(H,14,15). The number of carbonyl (C=O) groups is 1. The summed E-state index contributed by atoms with van der Waals surface area (Å²) in [4.78, 5) is 11.7. The van der Waals surface area contributed by atoms with Crippen LogP contribution in [0.2, 0.25) is 5.02 Å². The zero-order chi connectivity index (χ0) is 11.4. The van der Waals surface area contributed by atoms with Crippen molar-refractivity contribution in [3.63, 3.8) is 0 Å². The Morgan fingerprint density at radius 2 is 2.33 bits per heavy atom. The first-order chi connectivity index (χ1) is 7.04. The molecule has 0 saturated heterocycles. The van der Waals surface area contributed by atoms with Crippen molar-refractivity contribution in [2.24, 2.45) is 0 Å². The smallest absolute Gasteiger partial charge is 0.253 e. The van der Waals surface area contributed by atoms with Crippen LogP contribution < -0.4 is 11.1 Å². The van der Waals surface area contributed by atoms with Crippen molar-refractivity contribution in [1.82, 2.24) is 5.32 Å². The van der Waals surface area contributed by atoms with Crippen LogP contribution in [0.3, 0.4) is 0 Å². The Morgan fingerprint density at radius 3 is 2.87 bits per heavy atom. The molecule has 0 aromatic heterocycles. The molecule has 1 rings (SSSR count). The third kappa shape index (κ3) is 2.99. The maximum absolute atomic E-state index is 11.7. The number of carbonyl (C=O) groups excluding carboxylic acids is 1. The van der Waals surface area contributed by atoms with Crippen LogP contribution in [0, 0.1) is 0 Å². The summed E-state index contributed by atoms with van der Waals surface area (Å²) in [7, 11) is 0. The van der Waals surface area contributed by atoms with E-state index in [4.69, 9.17) is 17.3 Å². The molecule has 0 radical (unpaired) electrons. The van der Waals surface area contributed by atoms with Gasteiger partial charge in [-0.15, -0.1) is 6.58 Å². The molecule has 0 saturated carbocycles. The molecule has 4 heteroatoms. The lowest BCUT2D eigenvalue weighted by Crippen LogP contribution is -2.31. The summed E-state index contributed by atoms with van der Waals surface area (Å²) >= 11 is 5.73. The lowest BCUT2D eigenvalue weighted by atomic mass is 10.1. The van der Waals surface area contributed by atoms with E-state index < -0.39 is 0 Å². The molecule has 3 nitrogen and oxygen atoms in total. The van der Waals surface area contributed by atoms with Crippen molar-refractivity contribution in [3.05, 3.63) is 41.4 Å². The summed E-state index contributed by atoms with van der Waals surface area (Å²) in [6.45, 7) is 5.41. The van der Waals surface area contributed by atoms with Crippen LogP contribution in [0.4, 0.5) is 5.69 Å². The molecule has 1 amide bonds. The van der Waals surface area contributed by atoms with Crippen molar-refractivity contribution < 1.29 is 4.79 Å². The fourth-order valence-electron chi connectivity index (χ4n) is 1.08. The average Bonchev–Trinajstić information content (AvgIpc) is 2.17. The van der Waals surface area contributed by atoms with Gasteiger partial charge in [-0.05, 0) is 25.1 Å². The Labute approximate surface area is 93.9 Å². The van der Waals surface area contributed by atoms with Gasteiger partial charge in [-0.2, -0.15) is 0 Å². The lowest BCUT2D eigenvalue weighted by Gasteiger charge is -2.10. The molecular weight excluding hydrogens is 212 g/mol. The molecular formula is C11H13ClN2O. The first kappa shape index (κ1) is 11.6. The van der Waals surface area contributed by atoms with Crippen LogP contribution in [-0.2, 0) is 0 Å². The van der Waals surface area contributed by atoms with Gasteiger partial charge in [0, 0.05) is 16.8 Å². The molecule has 15 heavy (non-hydrogen) atoms. The monoisotopic (exact) mass is 224 g/mol. The van der Waals surface area contributed by atoms with Gasteiger partial charge in [0.25, 0.3) is 5.91 Å².